The Kier molecular flexibility index (Phi) is 4.57. The summed E-state index contributed by atoms with van der Waals surface area (Å²) in [5, 5.41) is 10.7. The van der Waals surface area contributed by atoms with Crippen molar-refractivity contribution in [2.24, 2.45) is 0 Å². The van der Waals surface area contributed by atoms with E-state index in [1.165, 1.54) is 31.5 Å². The summed E-state index contributed by atoms with van der Waals surface area (Å²) in [7, 11) is -2.48. The summed E-state index contributed by atoms with van der Waals surface area (Å²) < 4.78 is 24.1. The van der Waals surface area contributed by atoms with E-state index in [-0.39, 0.29) is 27.5 Å². The number of nitro benzene ring substituents is 1. The molecule has 0 aliphatic heterocycles. The van der Waals surface area contributed by atoms with Crippen LogP contribution in [-0.2, 0) is 9.84 Å². The number of fused-ring (bicyclic) bond motifs is 1. The van der Waals surface area contributed by atoms with E-state index >= 15 is 0 Å². The Hall–Kier alpha value is -3.05. The van der Waals surface area contributed by atoms with E-state index in [4.69, 9.17) is 16.4 Å². The summed E-state index contributed by atoms with van der Waals surface area (Å²) in [6.45, 7) is 0. The van der Waals surface area contributed by atoms with Gasteiger partial charge in [-0.3, -0.25) is 14.9 Å². The lowest BCUT2D eigenvalue weighted by Crippen LogP contribution is -2.27. The Balaban J connectivity index is 2.32. The SMILES string of the molecule is COn1c(=O)c(-c2ccc([N+](=O)[O-])cc2Cl)cc2cnc(S(C)(=O)=O)nc21. The van der Waals surface area contributed by atoms with Gasteiger partial charge in [0.25, 0.3) is 11.2 Å². The number of aromatic nitrogens is 3. The van der Waals surface area contributed by atoms with Crippen molar-refractivity contribution in [3.8, 4) is 11.1 Å². The second kappa shape index (κ2) is 6.59. The predicted molar refractivity (Wildman–Crippen MR) is 96.5 cm³/mol. The van der Waals surface area contributed by atoms with Crippen molar-refractivity contribution in [3.63, 3.8) is 0 Å². The van der Waals surface area contributed by atoms with Gasteiger partial charge < -0.3 is 4.84 Å². The van der Waals surface area contributed by atoms with Gasteiger partial charge in [0, 0.05) is 35.5 Å². The average molecular weight is 411 g/mol. The van der Waals surface area contributed by atoms with Gasteiger partial charge in [0.1, 0.15) is 7.11 Å². The van der Waals surface area contributed by atoms with E-state index in [0.29, 0.717) is 5.39 Å². The molecule has 0 atom stereocenters. The van der Waals surface area contributed by atoms with E-state index in [1.54, 1.807) is 0 Å². The molecule has 0 saturated heterocycles. The summed E-state index contributed by atoms with van der Waals surface area (Å²) in [6, 6.07) is 5.09. The van der Waals surface area contributed by atoms with Crippen LogP contribution < -0.4 is 10.4 Å². The quantitative estimate of drug-likeness (QED) is 0.358. The second-order valence-electron chi connectivity index (χ2n) is 5.47. The summed E-state index contributed by atoms with van der Waals surface area (Å²) in [4.78, 5) is 35.8. The maximum atomic E-state index is 12.8. The van der Waals surface area contributed by atoms with Gasteiger partial charge in [-0.05, 0) is 12.1 Å². The summed E-state index contributed by atoms with van der Waals surface area (Å²) in [5.41, 5.74) is -0.608. The van der Waals surface area contributed by atoms with Crippen LogP contribution in [0.25, 0.3) is 22.2 Å². The largest absolute Gasteiger partial charge is 0.412 e. The topological polar surface area (TPSA) is 134 Å². The third-order valence-electron chi connectivity index (χ3n) is 3.65. The monoisotopic (exact) mass is 410 g/mol. The number of pyridine rings is 1. The van der Waals surface area contributed by atoms with Gasteiger partial charge in [0.15, 0.2) is 5.65 Å². The lowest BCUT2D eigenvalue weighted by atomic mass is 10.1. The number of sulfone groups is 1. The van der Waals surface area contributed by atoms with Crippen molar-refractivity contribution < 1.29 is 18.2 Å². The molecule has 2 heterocycles. The Bertz CT molecular complexity index is 1260. The molecule has 0 amide bonds. The molecule has 2 aromatic heterocycles. The molecular formula is C15H11ClN4O6S. The number of rotatable bonds is 4. The molecule has 0 aliphatic rings. The van der Waals surface area contributed by atoms with Crippen molar-refractivity contribution in [3.05, 3.63) is 56.0 Å². The number of halogens is 1. The molecule has 10 nitrogen and oxygen atoms in total. The fraction of sp³-hybridized carbons (Fsp3) is 0.133. The lowest BCUT2D eigenvalue weighted by molar-refractivity contribution is -0.384. The molecular weight excluding hydrogens is 400 g/mol. The van der Waals surface area contributed by atoms with Gasteiger partial charge in [-0.2, -0.15) is 4.98 Å². The second-order valence-corrected chi connectivity index (χ2v) is 7.78. The zero-order chi connectivity index (χ0) is 19.9. The van der Waals surface area contributed by atoms with E-state index in [9.17, 15) is 23.3 Å². The number of hydrogen-bond donors (Lipinski definition) is 0. The van der Waals surface area contributed by atoms with Crippen LogP contribution in [0.15, 0.2) is 40.4 Å². The van der Waals surface area contributed by atoms with Crippen LogP contribution in [-0.4, -0.2) is 41.4 Å². The van der Waals surface area contributed by atoms with Gasteiger partial charge in [0.05, 0.1) is 15.5 Å². The van der Waals surface area contributed by atoms with Crippen LogP contribution in [0, 0.1) is 10.1 Å². The molecule has 1 aromatic carbocycles. The highest BCUT2D eigenvalue weighted by molar-refractivity contribution is 7.90. The minimum atomic E-state index is -3.69. The molecule has 3 aromatic rings. The molecule has 0 aliphatic carbocycles. The fourth-order valence-corrected chi connectivity index (χ4v) is 3.20. The van der Waals surface area contributed by atoms with Crippen molar-refractivity contribution in [2.45, 2.75) is 5.16 Å². The first-order chi connectivity index (χ1) is 12.6. The first-order valence-electron chi connectivity index (χ1n) is 7.25. The zero-order valence-electron chi connectivity index (χ0n) is 13.9. The van der Waals surface area contributed by atoms with Crippen LogP contribution in [0.2, 0.25) is 5.02 Å². The van der Waals surface area contributed by atoms with E-state index < -0.39 is 25.5 Å². The first-order valence-corrected chi connectivity index (χ1v) is 9.52. The van der Waals surface area contributed by atoms with Crippen molar-refractivity contribution >= 4 is 38.2 Å². The minimum Gasteiger partial charge on any atom is -0.412 e. The van der Waals surface area contributed by atoms with Crippen molar-refractivity contribution in [1.29, 1.82) is 0 Å². The van der Waals surface area contributed by atoms with Crippen LogP contribution in [0.3, 0.4) is 0 Å². The number of hydrogen-bond acceptors (Lipinski definition) is 8. The highest BCUT2D eigenvalue weighted by atomic mass is 35.5. The van der Waals surface area contributed by atoms with Gasteiger partial charge in [0.2, 0.25) is 15.0 Å². The standard InChI is InChI=1S/C15H11ClN4O6S/c1-26-19-13-8(7-17-15(18-13)27(2,24)25)5-11(14(19)21)10-4-3-9(20(22)23)6-12(10)16/h3-7H,1-2H3. The Morgan fingerprint density at radius 3 is 2.52 bits per heavy atom. The number of non-ortho nitro benzene ring substituents is 1. The van der Waals surface area contributed by atoms with Crippen molar-refractivity contribution in [2.75, 3.05) is 13.4 Å². The number of benzene rings is 1. The van der Waals surface area contributed by atoms with Gasteiger partial charge in [-0.1, -0.05) is 11.6 Å². The van der Waals surface area contributed by atoms with Crippen molar-refractivity contribution in [1.82, 2.24) is 14.7 Å². The normalized spacial score (nSPS) is 11.5. The van der Waals surface area contributed by atoms with Crippen LogP contribution >= 0.6 is 11.6 Å². The van der Waals surface area contributed by atoms with Crippen LogP contribution in [0.4, 0.5) is 5.69 Å². The molecule has 0 spiro atoms. The maximum absolute atomic E-state index is 12.8. The summed E-state index contributed by atoms with van der Waals surface area (Å²) >= 11 is 6.11. The van der Waals surface area contributed by atoms with E-state index in [0.717, 1.165) is 17.1 Å². The Labute approximate surface area is 157 Å². The average Bonchev–Trinajstić information content (AvgIpc) is 2.60. The Morgan fingerprint density at radius 1 is 1.26 bits per heavy atom. The highest BCUT2D eigenvalue weighted by Gasteiger charge is 2.19. The summed E-state index contributed by atoms with van der Waals surface area (Å²) in [6.07, 6.45) is 2.17. The predicted octanol–water partition coefficient (Wildman–Crippen LogP) is 1.48. The number of nitro groups is 1. The molecule has 0 fully saturated rings. The van der Waals surface area contributed by atoms with Crippen LogP contribution in [0.1, 0.15) is 0 Å². The lowest BCUT2D eigenvalue weighted by Gasteiger charge is -2.11. The van der Waals surface area contributed by atoms with Gasteiger partial charge >= 0.3 is 0 Å². The molecule has 0 N–H and O–H groups in total. The number of nitrogens with zero attached hydrogens (tertiary/aromatic N) is 4. The highest BCUT2D eigenvalue weighted by Crippen LogP contribution is 2.30. The van der Waals surface area contributed by atoms with Crippen LogP contribution in [0.5, 0.6) is 0 Å². The maximum Gasteiger partial charge on any atom is 0.293 e. The zero-order valence-corrected chi connectivity index (χ0v) is 15.5. The third-order valence-corrected chi connectivity index (χ3v) is 4.82. The molecule has 0 bridgehead atoms. The Morgan fingerprint density at radius 2 is 1.96 bits per heavy atom. The molecule has 12 heteroatoms. The van der Waals surface area contributed by atoms with Gasteiger partial charge in [-0.15, -0.1) is 4.73 Å². The molecule has 27 heavy (non-hydrogen) atoms. The third kappa shape index (κ3) is 3.34. The molecule has 3 rings (SSSR count). The molecule has 0 saturated carbocycles. The summed E-state index contributed by atoms with van der Waals surface area (Å²) in [5.74, 6) is 0. The molecule has 0 unspecified atom stereocenters. The smallest absolute Gasteiger partial charge is 0.293 e. The molecule has 0 radical (unpaired) electrons. The van der Waals surface area contributed by atoms with E-state index in [1.807, 2.05) is 0 Å². The fourth-order valence-electron chi connectivity index (χ4n) is 2.43. The minimum absolute atomic E-state index is 0.00280. The first kappa shape index (κ1) is 18.7. The van der Waals surface area contributed by atoms with E-state index in [2.05, 4.69) is 9.97 Å². The molecule has 140 valence electrons. The van der Waals surface area contributed by atoms with Gasteiger partial charge in [-0.25, -0.2) is 13.4 Å².